The van der Waals surface area contributed by atoms with E-state index in [1.165, 1.54) is 32.4 Å². The number of hydrogen-bond donors (Lipinski definition) is 1. The van der Waals surface area contributed by atoms with Crippen LogP contribution >= 0.6 is 0 Å². The second kappa shape index (κ2) is 8.17. The normalized spacial score (nSPS) is 16.0. The molecule has 0 bridgehead atoms. The van der Waals surface area contributed by atoms with E-state index in [0.717, 1.165) is 42.6 Å². The van der Waals surface area contributed by atoms with E-state index >= 15 is 0 Å². The van der Waals surface area contributed by atoms with Crippen molar-refractivity contribution < 1.29 is 4.74 Å². The number of nitrogens with zero attached hydrogens (tertiary/aromatic N) is 3. The summed E-state index contributed by atoms with van der Waals surface area (Å²) in [7, 11) is 0. The fourth-order valence-corrected chi connectivity index (χ4v) is 2.63. The Balaban J connectivity index is 1.95. The van der Waals surface area contributed by atoms with Gasteiger partial charge in [0, 0.05) is 19.5 Å². The molecule has 21 heavy (non-hydrogen) atoms. The summed E-state index contributed by atoms with van der Waals surface area (Å²) in [5.41, 5.74) is 1.01. The number of hydrogen-bond acceptors (Lipinski definition) is 5. The summed E-state index contributed by atoms with van der Waals surface area (Å²) in [5, 5.41) is 3.29. The maximum atomic E-state index is 5.94. The molecule has 5 heteroatoms. The number of aromatic nitrogens is 2. The first-order chi connectivity index (χ1) is 10.2. The molecular formula is C16H28N4O. The highest BCUT2D eigenvalue weighted by Crippen LogP contribution is 2.22. The monoisotopic (exact) mass is 292 g/mol. The quantitative estimate of drug-likeness (QED) is 0.837. The van der Waals surface area contributed by atoms with Crippen LogP contribution in [0.5, 0.6) is 5.88 Å². The molecule has 0 radical (unpaired) electrons. The van der Waals surface area contributed by atoms with Crippen LogP contribution < -0.4 is 10.1 Å². The molecule has 1 fully saturated rings. The molecule has 1 aromatic heterocycles. The van der Waals surface area contributed by atoms with Gasteiger partial charge in [-0.25, -0.2) is 4.98 Å². The lowest BCUT2D eigenvalue weighted by molar-refractivity contribution is 0.180. The van der Waals surface area contributed by atoms with E-state index in [1.54, 1.807) is 0 Å². The van der Waals surface area contributed by atoms with Crippen LogP contribution in [0.1, 0.15) is 44.5 Å². The van der Waals surface area contributed by atoms with E-state index in [9.17, 15) is 0 Å². The Bertz CT molecular complexity index is 444. The predicted molar refractivity (Wildman–Crippen MR) is 86.1 cm³/mol. The average Bonchev–Trinajstić information content (AvgIpc) is 2.52. The van der Waals surface area contributed by atoms with Gasteiger partial charge in [-0.2, -0.15) is 4.98 Å². The molecule has 1 aromatic rings. The Labute approximate surface area is 128 Å². The van der Waals surface area contributed by atoms with Crippen LogP contribution in [0.15, 0.2) is 0 Å². The second-order valence-electron chi connectivity index (χ2n) is 5.55. The van der Waals surface area contributed by atoms with Crippen LogP contribution in [0.4, 0.5) is 5.82 Å². The molecule has 2 rings (SSSR count). The van der Waals surface area contributed by atoms with E-state index in [2.05, 4.69) is 34.0 Å². The number of rotatable bonds is 7. The van der Waals surface area contributed by atoms with Crippen LogP contribution in [0.2, 0.25) is 0 Å². The molecule has 0 aliphatic carbocycles. The summed E-state index contributed by atoms with van der Waals surface area (Å²) in [4.78, 5) is 11.5. The van der Waals surface area contributed by atoms with Crippen molar-refractivity contribution in [1.29, 1.82) is 0 Å². The van der Waals surface area contributed by atoms with Gasteiger partial charge in [0.1, 0.15) is 18.2 Å². The minimum Gasteiger partial charge on any atom is -0.476 e. The minimum atomic E-state index is 0.701. The van der Waals surface area contributed by atoms with Gasteiger partial charge in [0.25, 0.3) is 0 Å². The van der Waals surface area contributed by atoms with Gasteiger partial charge >= 0.3 is 0 Å². The number of piperidine rings is 1. The summed E-state index contributed by atoms with van der Waals surface area (Å²) in [6, 6.07) is 0. The van der Waals surface area contributed by atoms with E-state index in [0.29, 0.717) is 6.61 Å². The highest BCUT2D eigenvalue weighted by Gasteiger charge is 2.13. The van der Waals surface area contributed by atoms with E-state index in [-0.39, 0.29) is 0 Å². The van der Waals surface area contributed by atoms with Gasteiger partial charge < -0.3 is 10.1 Å². The fraction of sp³-hybridized carbons (Fsp3) is 0.750. The Morgan fingerprint density at radius 2 is 1.90 bits per heavy atom. The van der Waals surface area contributed by atoms with Crippen molar-refractivity contribution in [2.45, 2.75) is 46.5 Å². The number of aryl methyl sites for hydroxylation is 1. The Hall–Kier alpha value is -1.36. The van der Waals surface area contributed by atoms with Crippen LogP contribution in [0.3, 0.4) is 0 Å². The van der Waals surface area contributed by atoms with Crippen molar-refractivity contribution in [3.8, 4) is 5.88 Å². The minimum absolute atomic E-state index is 0.701. The summed E-state index contributed by atoms with van der Waals surface area (Å²) >= 11 is 0. The van der Waals surface area contributed by atoms with Crippen LogP contribution in [-0.2, 0) is 6.42 Å². The number of anilines is 1. The molecule has 0 amide bonds. The number of likely N-dealkylation sites (tertiary alicyclic amines) is 1. The van der Waals surface area contributed by atoms with Crippen molar-refractivity contribution in [2.24, 2.45) is 0 Å². The molecule has 5 nitrogen and oxygen atoms in total. The SMILES string of the molecule is CCNc1nc(CC)nc(OCCN2CCCCC2)c1C. The second-order valence-corrected chi connectivity index (χ2v) is 5.55. The average molecular weight is 292 g/mol. The predicted octanol–water partition coefficient (Wildman–Crippen LogP) is 2.64. The fourth-order valence-electron chi connectivity index (χ4n) is 2.63. The van der Waals surface area contributed by atoms with Crippen LogP contribution in [0.25, 0.3) is 0 Å². The number of nitrogens with one attached hydrogen (secondary N) is 1. The number of ether oxygens (including phenoxy) is 1. The van der Waals surface area contributed by atoms with Crippen molar-refractivity contribution >= 4 is 5.82 Å². The van der Waals surface area contributed by atoms with Crippen LogP contribution in [-0.4, -0.2) is 47.7 Å². The maximum Gasteiger partial charge on any atom is 0.221 e. The first-order valence-electron chi connectivity index (χ1n) is 8.21. The van der Waals surface area contributed by atoms with Gasteiger partial charge in [-0.15, -0.1) is 0 Å². The van der Waals surface area contributed by atoms with Gasteiger partial charge in [-0.3, -0.25) is 4.90 Å². The molecule has 1 aliphatic rings. The molecule has 1 saturated heterocycles. The molecule has 1 N–H and O–H groups in total. The van der Waals surface area contributed by atoms with Gasteiger partial charge in [0.15, 0.2) is 0 Å². The smallest absolute Gasteiger partial charge is 0.221 e. The first-order valence-corrected chi connectivity index (χ1v) is 8.21. The molecule has 0 atom stereocenters. The van der Waals surface area contributed by atoms with Crippen molar-refractivity contribution in [2.75, 3.05) is 38.1 Å². The molecule has 0 saturated carbocycles. The topological polar surface area (TPSA) is 50.3 Å². The highest BCUT2D eigenvalue weighted by molar-refractivity contribution is 5.48. The molecule has 1 aliphatic heterocycles. The molecular weight excluding hydrogens is 264 g/mol. The Morgan fingerprint density at radius 3 is 2.57 bits per heavy atom. The Kier molecular flexibility index (Phi) is 6.23. The maximum absolute atomic E-state index is 5.94. The van der Waals surface area contributed by atoms with Gasteiger partial charge in [-0.1, -0.05) is 13.3 Å². The van der Waals surface area contributed by atoms with Crippen molar-refractivity contribution in [3.63, 3.8) is 0 Å². The van der Waals surface area contributed by atoms with Crippen LogP contribution in [0, 0.1) is 6.92 Å². The molecule has 0 spiro atoms. The summed E-state index contributed by atoms with van der Waals surface area (Å²) in [5.74, 6) is 2.47. The largest absolute Gasteiger partial charge is 0.476 e. The first kappa shape index (κ1) is 16.0. The third-order valence-electron chi connectivity index (χ3n) is 3.90. The van der Waals surface area contributed by atoms with Gasteiger partial charge in [0.2, 0.25) is 5.88 Å². The van der Waals surface area contributed by atoms with E-state index in [4.69, 9.17) is 4.74 Å². The molecule has 0 aromatic carbocycles. The Morgan fingerprint density at radius 1 is 1.14 bits per heavy atom. The summed E-state index contributed by atoms with van der Waals surface area (Å²) < 4.78 is 5.94. The summed E-state index contributed by atoms with van der Waals surface area (Å²) in [6.07, 6.45) is 4.82. The van der Waals surface area contributed by atoms with Crippen molar-refractivity contribution in [1.82, 2.24) is 14.9 Å². The highest BCUT2D eigenvalue weighted by atomic mass is 16.5. The van der Waals surface area contributed by atoms with Gasteiger partial charge in [-0.05, 0) is 39.8 Å². The van der Waals surface area contributed by atoms with Crippen molar-refractivity contribution in [3.05, 3.63) is 11.4 Å². The lowest BCUT2D eigenvalue weighted by Gasteiger charge is -2.26. The van der Waals surface area contributed by atoms with E-state index in [1.807, 2.05) is 6.92 Å². The zero-order valence-corrected chi connectivity index (χ0v) is 13.6. The summed E-state index contributed by atoms with van der Waals surface area (Å²) in [6.45, 7) is 11.1. The standard InChI is InChI=1S/C16H28N4O/c1-4-14-18-15(17-5-2)13(3)16(19-14)21-12-11-20-9-7-6-8-10-20/h4-12H2,1-3H3,(H,17,18,19). The molecule has 2 heterocycles. The zero-order valence-electron chi connectivity index (χ0n) is 13.6. The lowest BCUT2D eigenvalue weighted by atomic mass is 10.1. The lowest BCUT2D eigenvalue weighted by Crippen LogP contribution is -2.33. The molecule has 0 unspecified atom stereocenters. The van der Waals surface area contributed by atoms with E-state index < -0.39 is 0 Å². The zero-order chi connectivity index (χ0) is 15.1. The third kappa shape index (κ3) is 4.56. The van der Waals surface area contributed by atoms with Gasteiger partial charge in [0.05, 0.1) is 5.56 Å². The third-order valence-corrected chi connectivity index (χ3v) is 3.90. The molecule has 118 valence electrons.